The third kappa shape index (κ3) is 4.55. The van der Waals surface area contributed by atoms with E-state index in [1.54, 1.807) is 0 Å². The zero-order valence-electron chi connectivity index (χ0n) is 30.8. The summed E-state index contributed by atoms with van der Waals surface area (Å²) in [6, 6.07) is 71.9. The predicted molar refractivity (Wildman–Crippen MR) is 237 cm³/mol. The van der Waals surface area contributed by atoms with Crippen molar-refractivity contribution >= 4 is 72.6 Å². The van der Waals surface area contributed by atoms with Crippen LogP contribution in [0.15, 0.2) is 205 Å². The van der Waals surface area contributed by atoms with E-state index >= 15 is 0 Å². The van der Waals surface area contributed by atoms with E-state index in [4.69, 9.17) is 14.4 Å². The van der Waals surface area contributed by atoms with Gasteiger partial charge in [0, 0.05) is 49.1 Å². The van der Waals surface area contributed by atoms with Gasteiger partial charge in [0.1, 0.15) is 5.58 Å². The molecule has 0 amide bonds. The number of rotatable bonds is 5. The molecule has 0 radical (unpaired) electrons. The van der Waals surface area contributed by atoms with Gasteiger partial charge in [-0.2, -0.15) is 0 Å². The van der Waals surface area contributed by atoms with Crippen molar-refractivity contribution in [3.8, 4) is 39.6 Å². The average Bonchev–Trinajstić information content (AvgIpc) is 3.94. The van der Waals surface area contributed by atoms with Gasteiger partial charge in [-0.1, -0.05) is 170 Å². The number of benzene rings is 8. The maximum atomic E-state index is 6.77. The monoisotopic (exact) mass is 743 g/mol. The van der Waals surface area contributed by atoms with E-state index < -0.39 is 8.07 Å². The van der Waals surface area contributed by atoms with E-state index in [9.17, 15) is 0 Å². The number of furan rings is 1. The number of aromatic nitrogens is 3. The molecular formula is C52H33N3OSi. The normalized spacial score (nSPS) is 13.1. The minimum Gasteiger partial charge on any atom is -0.454 e. The van der Waals surface area contributed by atoms with Crippen LogP contribution in [-0.2, 0) is 0 Å². The van der Waals surface area contributed by atoms with Gasteiger partial charge in [-0.15, -0.1) is 0 Å². The summed E-state index contributed by atoms with van der Waals surface area (Å²) >= 11 is 0. The molecule has 11 aromatic rings. The molecule has 1 aliphatic rings. The van der Waals surface area contributed by atoms with Gasteiger partial charge in [-0.25, -0.2) is 9.97 Å². The van der Waals surface area contributed by atoms with E-state index in [2.05, 4.69) is 193 Å². The number of nitrogens with zero attached hydrogens (tertiary/aromatic N) is 3. The quantitative estimate of drug-likeness (QED) is 0.165. The Kier molecular flexibility index (Phi) is 6.91. The fourth-order valence-corrected chi connectivity index (χ4v) is 14.8. The molecule has 4 nitrogen and oxygen atoms in total. The lowest BCUT2D eigenvalue weighted by molar-refractivity contribution is 0.671. The SMILES string of the molecule is c1ccc(-c2nc(-c3ccccc3)c3c(n2)-c2ccc(-n4c5ccccc5c5ccc6c7ccccc7oc6c54)cc2[Si]3(c2ccccc2)c2ccccc2)cc1. The van der Waals surface area contributed by atoms with Gasteiger partial charge in [0.2, 0.25) is 0 Å². The number of hydrogen-bond donors (Lipinski definition) is 0. The summed E-state index contributed by atoms with van der Waals surface area (Å²) in [7, 11) is -3.10. The molecule has 5 heteroatoms. The van der Waals surface area contributed by atoms with Gasteiger partial charge in [0.25, 0.3) is 0 Å². The molecule has 0 atom stereocenters. The van der Waals surface area contributed by atoms with Crippen LogP contribution in [0, 0.1) is 0 Å². The second kappa shape index (κ2) is 12.3. The number of fused-ring (bicyclic) bond motifs is 10. The van der Waals surface area contributed by atoms with Crippen LogP contribution in [0.25, 0.3) is 83.3 Å². The highest BCUT2D eigenvalue weighted by atomic mass is 28.3. The largest absolute Gasteiger partial charge is 0.454 e. The topological polar surface area (TPSA) is 43.9 Å². The molecule has 12 rings (SSSR count). The van der Waals surface area contributed by atoms with E-state index in [1.807, 2.05) is 12.1 Å². The molecule has 4 heterocycles. The summed E-state index contributed by atoms with van der Waals surface area (Å²) in [5.74, 6) is 0.726. The lowest BCUT2D eigenvalue weighted by Gasteiger charge is -2.32. The van der Waals surface area contributed by atoms with Crippen molar-refractivity contribution in [3.05, 3.63) is 200 Å². The molecule has 266 valence electrons. The van der Waals surface area contributed by atoms with Crippen LogP contribution in [0.3, 0.4) is 0 Å². The Hall–Kier alpha value is -7.34. The second-order valence-electron chi connectivity index (χ2n) is 14.9. The Morgan fingerprint density at radius 1 is 0.456 bits per heavy atom. The van der Waals surface area contributed by atoms with Crippen LogP contribution in [-0.4, -0.2) is 22.6 Å². The van der Waals surface area contributed by atoms with E-state index in [1.165, 1.54) is 31.5 Å². The van der Waals surface area contributed by atoms with Crippen LogP contribution >= 0.6 is 0 Å². The van der Waals surface area contributed by atoms with E-state index in [0.29, 0.717) is 0 Å². The molecule has 1 aliphatic heterocycles. The van der Waals surface area contributed by atoms with Gasteiger partial charge in [0.05, 0.1) is 22.4 Å². The third-order valence-corrected chi connectivity index (χ3v) is 16.7. The van der Waals surface area contributed by atoms with Crippen molar-refractivity contribution in [3.63, 3.8) is 0 Å². The lowest BCUT2D eigenvalue weighted by Crippen LogP contribution is -2.73. The fourth-order valence-electron chi connectivity index (χ4n) is 9.50. The molecule has 0 saturated carbocycles. The van der Waals surface area contributed by atoms with E-state index in [0.717, 1.165) is 72.6 Å². The van der Waals surface area contributed by atoms with Gasteiger partial charge in [0.15, 0.2) is 19.5 Å². The second-order valence-corrected chi connectivity index (χ2v) is 18.5. The molecule has 57 heavy (non-hydrogen) atoms. The van der Waals surface area contributed by atoms with Crippen molar-refractivity contribution in [2.75, 3.05) is 0 Å². The summed E-state index contributed by atoms with van der Waals surface area (Å²) < 4.78 is 9.19. The molecular weight excluding hydrogens is 711 g/mol. The molecule has 0 unspecified atom stereocenters. The lowest BCUT2D eigenvalue weighted by atomic mass is 10.1. The van der Waals surface area contributed by atoms with Crippen molar-refractivity contribution < 1.29 is 4.42 Å². The molecule has 0 fully saturated rings. The third-order valence-electron chi connectivity index (χ3n) is 11.9. The Balaban J connectivity index is 1.24. The molecule has 0 aliphatic carbocycles. The summed E-state index contributed by atoms with van der Waals surface area (Å²) in [5, 5.41) is 9.71. The predicted octanol–water partition coefficient (Wildman–Crippen LogP) is 10.2. The van der Waals surface area contributed by atoms with Gasteiger partial charge in [-0.3, -0.25) is 0 Å². The van der Waals surface area contributed by atoms with Gasteiger partial charge < -0.3 is 8.98 Å². The molecule has 8 aromatic carbocycles. The number of hydrogen-bond acceptors (Lipinski definition) is 3. The van der Waals surface area contributed by atoms with Crippen LogP contribution in [0.5, 0.6) is 0 Å². The van der Waals surface area contributed by atoms with Crippen LogP contribution < -0.4 is 20.7 Å². The highest BCUT2D eigenvalue weighted by Gasteiger charge is 2.52. The summed E-state index contributed by atoms with van der Waals surface area (Å²) in [6.07, 6.45) is 0. The number of para-hydroxylation sites is 2. The molecule has 0 bridgehead atoms. The van der Waals surface area contributed by atoms with Gasteiger partial charge >= 0.3 is 0 Å². The Morgan fingerprint density at radius 3 is 1.75 bits per heavy atom. The van der Waals surface area contributed by atoms with Crippen molar-refractivity contribution in [2.45, 2.75) is 0 Å². The van der Waals surface area contributed by atoms with Crippen molar-refractivity contribution in [2.24, 2.45) is 0 Å². The smallest absolute Gasteiger partial charge is 0.185 e. The molecule has 3 aromatic heterocycles. The van der Waals surface area contributed by atoms with Crippen LogP contribution in [0.2, 0.25) is 0 Å². The van der Waals surface area contributed by atoms with Crippen LogP contribution in [0.1, 0.15) is 0 Å². The zero-order chi connectivity index (χ0) is 37.5. The summed E-state index contributed by atoms with van der Waals surface area (Å²) in [4.78, 5) is 11.1. The zero-order valence-corrected chi connectivity index (χ0v) is 31.8. The standard InChI is InChI=1S/C52H33N3OSi/c1-5-17-34(18-6-1)47-51-48(54-52(53-47)35-19-7-2-8-20-35)43-30-29-36(33-46(43)57(51,37-21-9-3-10-22-37)38-23-11-4-12-24-38)55-44-27-15-13-25-39(44)41-31-32-42-40-26-14-16-28-45(40)56-50(42)49(41)55/h1-33H. The average molecular weight is 744 g/mol. The molecule has 0 spiro atoms. The minimum absolute atomic E-state index is 0.726. The Bertz CT molecular complexity index is 3300. The molecule has 0 N–H and O–H groups in total. The van der Waals surface area contributed by atoms with Gasteiger partial charge in [-0.05, 0) is 45.9 Å². The Labute approximate surface area is 330 Å². The molecule has 0 saturated heterocycles. The first kappa shape index (κ1) is 32.0. The highest BCUT2D eigenvalue weighted by molar-refractivity contribution is 7.22. The first-order valence-corrected chi connectivity index (χ1v) is 21.4. The fraction of sp³-hybridized carbons (Fsp3) is 0. The van der Waals surface area contributed by atoms with Crippen molar-refractivity contribution in [1.29, 1.82) is 0 Å². The van der Waals surface area contributed by atoms with E-state index in [-0.39, 0.29) is 0 Å². The maximum absolute atomic E-state index is 6.77. The maximum Gasteiger partial charge on any atom is 0.185 e. The highest BCUT2D eigenvalue weighted by Crippen LogP contribution is 2.41. The van der Waals surface area contributed by atoms with Crippen molar-refractivity contribution in [1.82, 2.24) is 14.5 Å². The summed E-state index contributed by atoms with van der Waals surface area (Å²) in [6.45, 7) is 0. The van der Waals surface area contributed by atoms with Crippen LogP contribution in [0.4, 0.5) is 0 Å². The Morgan fingerprint density at radius 2 is 1.04 bits per heavy atom. The minimum atomic E-state index is -3.10. The summed E-state index contributed by atoms with van der Waals surface area (Å²) in [5.41, 5.74) is 10.3. The first-order chi connectivity index (χ1) is 28.3. The first-order valence-electron chi connectivity index (χ1n) is 19.4.